The molecule has 0 aliphatic carbocycles. The second kappa shape index (κ2) is 5.61. The van der Waals surface area contributed by atoms with Crippen LogP contribution in [-0.2, 0) is 0 Å². The highest BCUT2D eigenvalue weighted by molar-refractivity contribution is 6.07. The quantitative estimate of drug-likeness (QED) is 0.663. The first-order valence-electron chi connectivity index (χ1n) is 6.21. The number of carbonyl (C=O) groups is 1. The molecule has 1 heterocycles. The summed E-state index contributed by atoms with van der Waals surface area (Å²) in [7, 11) is 0. The number of hydrogen-bond acceptors (Lipinski definition) is 5. The summed E-state index contributed by atoms with van der Waals surface area (Å²) in [4.78, 5) is 22.3. The lowest BCUT2D eigenvalue weighted by molar-refractivity contribution is -0.385. The third kappa shape index (κ3) is 3.16. The van der Waals surface area contributed by atoms with E-state index in [1.54, 1.807) is 10.9 Å². The fourth-order valence-electron chi connectivity index (χ4n) is 1.75. The van der Waals surface area contributed by atoms with E-state index in [0.717, 1.165) is 18.2 Å². The van der Waals surface area contributed by atoms with Crippen molar-refractivity contribution in [2.75, 3.05) is 5.32 Å². The summed E-state index contributed by atoms with van der Waals surface area (Å²) in [6.45, 7) is 3.86. The van der Waals surface area contributed by atoms with Gasteiger partial charge < -0.3 is 10.4 Å². The smallest absolute Gasteiger partial charge is 0.282 e. The number of anilines is 1. The zero-order chi connectivity index (χ0) is 15.6. The van der Waals surface area contributed by atoms with Gasteiger partial charge in [0.2, 0.25) is 0 Å². The van der Waals surface area contributed by atoms with Crippen molar-refractivity contribution in [3.63, 3.8) is 0 Å². The first kappa shape index (κ1) is 14.5. The number of rotatable bonds is 4. The van der Waals surface area contributed by atoms with Crippen molar-refractivity contribution >= 4 is 17.3 Å². The van der Waals surface area contributed by atoms with E-state index >= 15 is 0 Å². The maximum absolute atomic E-state index is 12.1. The molecule has 0 spiro atoms. The van der Waals surface area contributed by atoms with Gasteiger partial charge in [0.1, 0.15) is 11.3 Å². The standard InChI is InChI=1S/C13H14N4O4/c1-8(2)16-7-9(6-14-16)15-13(19)11-5-10(18)3-4-12(11)17(20)21/h3-8,18H,1-2H3,(H,15,19). The van der Waals surface area contributed by atoms with Crippen molar-refractivity contribution in [2.24, 2.45) is 0 Å². The minimum atomic E-state index is -0.680. The maximum atomic E-state index is 12.1. The Balaban J connectivity index is 2.27. The van der Waals surface area contributed by atoms with E-state index in [1.807, 2.05) is 13.8 Å². The summed E-state index contributed by atoms with van der Waals surface area (Å²) >= 11 is 0. The third-order valence-electron chi connectivity index (χ3n) is 2.81. The maximum Gasteiger partial charge on any atom is 0.282 e. The number of nitrogens with zero attached hydrogens (tertiary/aromatic N) is 3. The molecular formula is C13H14N4O4. The Morgan fingerprint density at radius 2 is 2.19 bits per heavy atom. The average molecular weight is 290 g/mol. The first-order valence-corrected chi connectivity index (χ1v) is 6.21. The summed E-state index contributed by atoms with van der Waals surface area (Å²) in [6, 6.07) is 3.43. The molecule has 8 nitrogen and oxygen atoms in total. The van der Waals surface area contributed by atoms with Crippen molar-refractivity contribution < 1.29 is 14.8 Å². The van der Waals surface area contributed by atoms with Crippen LogP contribution in [0.15, 0.2) is 30.6 Å². The second-order valence-electron chi connectivity index (χ2n) is 4.72. The fraction of sp³-hybridized carbons (Fsp3) is 0.231. The van der Waals surface area contributed by atoms with E-state index in [9.17, 15) is 20.0 Å². The number of nitro groups is 1. The number of hydrogen-bond donors (Lipinski definition) is 2. The Labute approximate surface area is 120 Å². The van der Waals surface area contributed by atoms with Gasteiger partial charge in [0.05, 0.1) is 16.8 Å². The predicted molar refractivity (Wildman–Crippen MR) is 75.3 cm³/mol. The van der Waals surface area contributed by atoms with Gasteiger partial charge in [-0.1, -0.05) is 0 Å². The monoisotopic (exact) mass is 290 g/mol. The molecule has 0 unspecified atom stereocenters. The lowest BCUT2D eigenvalue weighted by atomic mass is 10.1. The van der Waals surface area contributed by atoms with E-state index in [4.69, 9.17) is 0 Å². The molecule has 0 saturated carbocycles. The van der Waals surface area contributed by atoms with Crippen LogP contribution in [0.2, 0.25) is 0 Å². The highest BCUT2D eigenvalue weighted by atomic mass is 16.6. The molecule has 0 atom stereocenters. The number of benzene rings is 1. The lowest BCUT2D eigenvalue weighted by Gasteiger charge is -2.05. The molecule has 1 amide bonds. The molecule has 0 radical (unpaired) electrons. The van der Waals surface area contributed by atoms with Gasteiger partial charge in [0, 0.05) is 18.3 Å². The van der Waals surface area contributed by atoms with Crippen LogP contribution < -0.4 is 5.32 Å². The van der Waals surface area contributed by atoms with Gasteiger partial charge in [-0.05, 0) is 26.0 Å². The number of nitrogens with one attached hydrogen (secondary N) is 1. The SMILES string of the molecule is CC(C)n1cc(NC(=O)c2cc(O)ccc2[N+](=O)[O-])cn1. The van der Waals surface area contributed by atoms with Gasteiger partial charge in [-0.25, -0.2) is 0 Å². The molecule has 2 aromatic rings. The van der Waals surface area contributed by atoms with Gasteiger partial charge in [-0.3, -0.25) is 19.6 Å². The molecule has 0 fully saturated rings. The Morgan fingerprint density at radius 3 is 2.76 bits per heavy atom. The molecule has 0 saturated heterocycles. The number of carbonyl (C=O) groups excluding carboxylic acids is 1. The summed E-state index contributed by atoms with van der Waals surface area (Å²) in [5.74, 6) is -0.899. The highest BCUT2D eigenvalue weighted by Gasteiger charge is 2.21. The third-order valence-corrected chi connectivity index (χ3v) is 2.81. The summed E-state index contributed by atoms with van der Waals surface area (Å²) in [5.41, 5.74) is -0.162. The van der Waals surface area contributed by atoms with E-state index in [-0.39, 0.29) is 23.0 Å². The molecule has 1 aromatic heterocycles. The number of aromatic nitrogens is 2. The first-order chi connectivity index (χ1) is 9.88. The molecule has 8 heteroatoms. The number of amides is 1. The number of nitro benzene ring substituents is 1. The van der Waals surface area contributed by atoms with Gasteiger partial charge in [0.25, 0.3) is 11.6 Å². The minimum Gasteiger partial charge on any atom is -0.508 e. The Morgan fingerprint density at radius 1 is 1.48 bits per heavy atom. The van der Waals surface area contributed by atoms with Crippen molar-refractivity contribution in [1.82, 2.24) is 9.78 Å². The summed E-state index contributed by atoms with van der Waals surface area (Å²) < 4.78 is 1.65. The molecule has 0 aliphatic rings. The molecule has 0 aliphatic heterocycles. The Hall–Kier alpha value is -2.90. The van der Waals surface area contributed by atoms with Crippen LogP contribution in [0.3, 0.4) is 0 Å². The number of phenolic OH excluding ortho intramolecular Hbond substituents is 1. The van der Waals surface area contributed by atoms with Crippen LogP contribution in [0.1, 0.15) is 30.2 Å². The van der Waals surface area contributed by atoms with Crippen LogP contribution in [0, 0.1) is 10.1 Å². The Bertz CT molecular complexity index is 693. The highest BCUT2D eigenvalue weighted by Crippen LogP contribution is 2.24. The summed E-state index contributed by atoms with van der Waals surface area (Å²) in [5, 5.41) is 26.9. The van der Waals surface area contributed by atoms with E-state index in [0.29, 0.717) is 5.69 Å². The Kier molecular flexibility index (Phi) is 3.88. The van der Waals surface area contributed by atoms with E-state index < -0.39 is 10.8 Å². The number of phenols is 1. The number of aromatic hydroxyl groups is 1. The molecule has 1 aromatic carbocycles. The topological polar surface area (TPSA) is 110 Å². The molecule has 110 valence electrons. The van der Waals surface area contributed by atoms with Crippen molar-refractivity contribution in [3.05, 3.63) is 46.3 Å². The summed E-state index contributed by atoms with van der Waals surface area (Å²) in [6.07, 6.45) is 3.07. The zero-order valence-electron chi connectivity index (χ0n) is 11.5. The van der Waals surface area contributed by atoms with Crippen LogP contribution in [0.25, 0.3) is 0 Å². The van der Waals surface area contributed by atoms with Gasteiger partial charge in [-0.15, -0.1) is 0 Å². The van der Waals surface area contributed by atoms with E-state index in [2.05, 4.69) is 10.4 Å². The normalized spacial score (nSPS) is 10.6. The van der Waals surface area contributed by atoms with Crippen molar-refractivity contribution in [1.29, 1.82) is 0 Å². The minimum absolute atomic E-state index is 0.130. The van der Waals surface area contributed by atoms with Gasteiger partial charge >= 0.3 is 0 Å². The molecule has 2 N–H and O–H groups in total. The molecule has 21 heavy (non-hydrogen) atoms. The van der Waals surface area contributed by atoms with Crippen molar-refractivity contribution in [2.45, 2.75) is 19.9 Å². The van der Waals surface area contributed by atoms with E-state index in [1.165, 1.54) is 6.20 Å². The van der Waals surface area contributed by atoms with Gasteiger partial charge in [0.15, 0.2) is 0 Å². The van der Waals surface area contributed by atoms with Crippen LogP contribution in [0.5, 0.6) is 5.75 Å². The van der Waals surface area contributed by atoms with Crippen LogP contribution in [-0.4, -0.2) is 25.7 Å². The van der Waals surface area contributed by atoms with Crippen molar-refractivity contribution in [3.8, 4) is 5.75 Å². The molecule has 0 bridgehead atoms. The fourth-order valence-corrected chi connectivity index (χ4v) is 1.75. The van der Waals surface area contributed by atoms with Gasteiger partial charge in [-0.2, -0.15) is 5.10 Å². The van der Waals surface area contributed by atoms with Crippen LogP contribution >= 0.6 is 0 Å². The molecule has 2 rings (SSSR count). The average Bonchev–Trinajstić information content (AvgIpc) is 2.86. The zero-order valence-corrected chi connectivity index (χ0v) is 11.5. The van der Waals surface area contributed by atoms with Crippen LogP contribution in [0.4, 0.5) is 11.4 Å². The molecular weight excluding hydrogens is 276 g/mol. The second-order valence-corrected chi connectivity index (χ2v) is 4.72. The lowest BCUT2D eigenvalue weighted by Crippen LogP contribution is -2.13. The largest absolute Gasteiger partial charge is 0.508 e. The predicted octanol–water partition coefficient (Wildman–Crippen LogP) is 2.33.